The second-order valence-corrected chi connectivity index (χ2v) is 6.14. The van der Waals surface area contributed by atoms with Crippen LogP contribution in [0.4, 0.5) is 0 Å². The van der Waals surface area contributed by atoms with Crippen molar-refractivity contribution in [3.05, 3.63) is 35.4 Å². The summed E-state index contributed by atoms with van der Waals surface area (Å²) in [6, 6.07) is 9.84. The lowest BCUT2D eigenvalue weighted by molar-refractivity contribution is 0.141. The molecule has 2 rings (SSSR count). The van der Waals surface area contributed by atoms with Gasteiger partial charge in [-0.1, -0.05) is 37.6 Å². The first-order valence-electron chi connectivity index (χ1n) is 8.76. The molecule has 0 amide bonds. The fourth-order valence-corrected chi connectivity index (χ4v) is 2.98. The number of nitrogens with one attached hydrogen (secondary N) is 1. The predicted molar refractivity (Wildman–Crippen MR) is 89.8 cm³/mol. The molecule has 0 aliphatic heterocycles. The van der Waals surface area contributed by atoms with E-state index in [4.69, 9.17) is 4.74 Å². The van der Waals surface area contributed by atoms with Crippen molar-refractivity contribution in [1.29, 1.82) is 0 Å². The maximum Gasteiger partial charge on any atom is 0.0466 e. The summed E-state index contributed by atoms with van der Waals surface area (Å²) in [7, 11) is 0. The Morgan fingerprint density at radius 3 is 2.52 bits per heavy atom. The highest BCUT2D eigenvalue weighted by molar-refractivity contribution is 5.28. The first kappa shape index (κ1) is 16.5. The van der Waals surface area contributed by atoms with Crippen LogP contribution in [0.2, 0.25) is 0 Å². The molecule has 1 N–H and O–H groups in total. The molecule has 0 heterocycles. The van der Waals surface area contributed by atoms with Crippen molar-refractivity contribution in [1.82, 2.24) is 5.32 Å². The smallest absolute Gasteiger partial charge is 0.0466 e. The summed E-state index contributed by atoms with van der Waals surface area (Å²) in [6.07, 6.45) is 7.63. The number of ether oxygens (including phenoxy) is 1. The maximum atomic E-state index is 5.47. The van der Waals surface area contributed by atoms with Crippen molar-refractivity contribution < 1.29 is 4.74 Å². The van der Waals surface area contributed by atoms with Gasteiger partial charge in [-0.3, -0.25) is 0 Å². The van der Waals surface area contributed by atoms with Crippen LogP contribution in [0.3, 0.4) is 0 Å². The summed E-state index contributed by atoms with van der Waals surface area (Å²) in [6.45, 7) is 7.07. The quantitative estimate of drug-likeness (QED) is 0.624. The first-order valence-corrected chi connectivity index (χ1v) is 8.76. The molecule has 0 aromatic heterocycles. The van der Waals surface area contributed by atoms with Gasteiger partial charge >= 0.3 is 0 Å². The molecule has 2 heteroatoms. The Balaban J connectivity index is 1.90. The second kappa shape index (κ2) is 9.22. The van der Waals surface area contributed by atoms with E-state index in [1.165, 1.54) is 36.8 Å². The van der Waals surface area contributed by atoms with Gasteiger partial charge in [-0.05, 0) is 62.6 Å². The molecule has 1 aliphatic carbocycles. The van der Waals surface area contributed by atoms with Crippen LogP contribution in [-0.2, 0) is 4.74 Å². The Labute approximate surface area is 130 Å². The number of benzene rings is 1. The summed E-state index contributed by atoms with van der Waals surface area (Å²) in [4.78, 5) is 0. The van der Waals surface area contributed by atoms with Crippen molar-refractivity contribution >= 4 is 0 Å². The fourth-order valence-electron chi connectivity index (χ4n) is 2.98. The number of hydrogen-bond donors (Lipinski definition) is 1. The van der Waals surface area contributed by atoms with Gasteiger partial charge in [0.25, 0.3) is 0 Å². The summed E-state index contributed by atoms with van der Waals surface area (Å²) >= 11 is 0. The van der Waals surface area contributed by atoms with Gasteiger partial charge in [0.1, 0.15) is 0 Å². The molecule has 0 spiro atoms. The van der Waals surface area contributed by atoms with E-state index in [-0.39, 0.29) is 0 Å². The Hall–Kier alpha value is -0.860. The van der Waals surface area contributed by atoms with E-state index in [0.717, 1.165) is 38.5 Å². The van der Waals surface area contributed by atoms with E-state index in [1.54, 1.807) is 0 Å². The van der Waals surface area contributed by atoms with Crippen LogP contribution in [0.5, 0.6) is 0 Å². The van der Waals surface area contributed by atoms with Gasteiger partial charge in [0.15, 0.2) is 0 Å². The van der Waals surface area contributed by atoms with Crippen molar-refractivity contribution in [2.45, 2.75) is 64.3 Å². The number of hydrogen-bond acceptors (Lipinski definition) is 2. The molecule has 1 saturated carbocycles. The molecule has 1 aromatic carbocycles. The molecule has 118 valence electrons. The zero-order valence-corrected chi connectivity index (χ0v) is 13.7. The third-order valence-corrected chi connectivity index (χ3v) is 4.54. The zero-order chi connectivity index (χ0) is 14.9. The molecule has 1 unspecified atom stereocenters. The van der Waals surface area contributed by atoms with E-state index in [0.29, 0.717) is 6.04 Å². The molecule has 0 bridgehead atoms. The highest BCUT2D eigenvalue weighted by atomic mass is 16.5. The first-order chi connectivity index (χ1) is 10.3. The second-order valence-electron chi connectivity index (χ2n) is 6.14. The lowest BCUT2D eigenvalue weighted by Crippen LogP contribution is -2.22. The van der Waals surface area contributed by atoms with Crippen LogP contribution >= 0.6 is 0 Å². The zero-order valence-electron chi connectivity index (χ0n) is 13.7. The molecule has 1 atom stereocenters. The predicted octanol–water partition coefficient (Wildman–Crippen LogP) is 4.81. The average Bonchev–Trinajstić information content (AvgIpc) is 2.46. The van der Waals surface area contributed by atoms with Gasteiger partial charge in [-0.2, -0.15) is 0 Å². The summed E-state index contributed by atoms with van der Waals surface area (Å²) in [5.74, 6) is 0.832. The van der Waals surface area contributed by atoms with Gasteiger partial charge in [-0.25, -0.2) is 0 Å². The maximum absolute atomic E-state index is 5.47. The van der Waals surface area contributed by atoms with Crippen LogP contribution in [0.15, 0.2) is 24.3 Å². The topological polar surface area (TPSA) is 21.3 Å². The molecule has 1 aliphatic rings. The van der Waals surface area contributed by atoms with Crippen molar-refractivity contribution in [2.24, 2.45) is 0 Å². The van der Waals surface area contributed by atoms with Crippen LogP contribution in [-0.4, -0.2) is 19.8 Å². The minimum atomic E-state index is 0.473. The molecular formula is C19H31NO. The van der Waals surface area contributed by atoms with Gasteiger partial charge in [0, 0.05) is 19.3 Å². The van der Waals surface area contributed by atoms with E-state index in [2.05, 4.69) is 43.4 Å². The Bertz CT molecular complexity index is 383. The summed E-state index contributed by atoms with van der Waals surface area (Å²) in [5.41, 5.74) is 2.97. The fraction of sp³-hybridized carbons (Fsp3) is 0.684. The van der Waals surface area contributed by atoms with Gasteiger partial charge in [-0.15, -0.1) is 0 Å². The molecular weight excluding hydrogens is 258 g/mol. The van der Waals surface area contributed by atoms with Crippen LogP contribution < -0.4 is 5.32 Å². The molecule has 1 fully saturated rings. The SMILES string of the molecule is CCCNC(CCCOCC)c1ccc(C2CCC2)cc1. The van der Waals surface area contributed by atoms with Gasteiger partial charge in [0.05, 0.1) is 0 Å². The number of rotatable bonds is 10. The van der Waals surface area contributed by atoms with Crippen LogP contribution in [0, 0.1) is 0 Å². The third kappa shape index (κ3) is 5.12. The highest BCUT2D eigenvalue weighted by Gasteiger charge is 2.19. The third-order valence-electron chi connectivity index (χ3n) is 4.54. The summed E-state index contributed by atoms with van der Waals surface area (Å²) < 4.78 is 5.47. The average molecular weight is 289 g/mol. The highest BCUT2D eigenvalue weighted by Crippen LogP contribution is 2.36. The normalized spacial score (nSPS) is 16.7. The van der Waals surface area contributed by atoms with Crippen LogP contribution in [0.25, 0.3) is 0 Å². The largest absolute Gasteiger partial charge is 0.382 e. The Morgan fingerprint density at radius 2 is 1.95 bits per heavy atom. The van der Waals surface area contributed by atoms with Crippen molar-refractivity contribution in [3.8, 4) is 0 Å². The van der Waals surface area contributed by atoms with E-state index >= 15 is 0 Å². The molecule has 1 aromatic rings. The van der Waals surface area contributed by atoms with Crippen molar-refractivity contribution in [3.63, 3.8) is 0 Å². The van der Waals surface area contributed by atoms with Gasteiger partial charge in [0.2, 0.25) is 0 Å². The lowest BCUT2D eigenvalue weighted by Gasteiger charge is -2.26. The lowest BCUT2D eigenvalue weighted by atomic mass is 9.80. The standard InChI is InChI=1S/C19H31NO/c1-3-14-20-19(9-6-15-21-4-2)18-12-10-17(11-13-18)16-7-5-8-16/h10-13,16,19-20H,3-9,14-15H2,1-2H3. The minimum Gasteiger partial charge on any atom is -0.382 e. The minimum absolute atomic E-state index is 0.473. The molecule has 2 nitrogen and oxygen atoms in total. The Morgan fingerprint density at radius 1 is 1.19 bits per heavy atom. The van der Waals surface area contributed by atoms with E-state index < -0.39 is 0 Å². The van der Waals surface area contributed by atoms with Crippen LogP contribution in [0.1, 0.15) is 75.5 Å². The van der Waals surface area contributed by atoms with E-state index in [9.17, 15) is 0 Å². The van der Waals surface area contributed by atoms with E-state index in [1.807, 2.05) is 0 Å². The monoisotopic (exact) mass is 289 g/mol. The summed E-state index contributed by atoms with van der Waals surface area (Å²) in [5, 5.41) is 3.68. The van der Waals surface area contributed by atoms with Crippen molar-refractivity contribution in [2.75, 3.05) is 19.8 Å². The van der Waals surface area contributed by atoms with Gasteiger partial charge < -0.3 is 10.1 Å². The molecule has 0 radical (unpaired) electrons. The molecule has 21 heavy (non-hydrogen) atoms. The Kier molecular flexibility index (Phi) is 7.25. The molecule has 0 saturated heterocycles.